The van der Waals surface area contributed by atoms with Crippen molar-refractivity contribution in [3.05, 3.63) is 70.0 Å². The van der Waals surface area contributed by atoms with Crippen LogP contribution in [0.3, 0.4) is 0 Å². The van der Waals surface area contributed by atoms with Gasteiger partial charge in [0.25, 0.3) is 0 Å². The number of anilines is 1. The molecule has 2 atom stereocenters. The van der Waals surface area contributed by atoms with Gasteiger partial charge in [-0.1, -0.05) is 39.8 Å². The summed E-state index contributed by atoms with van der Waals surface area (Å²) in [5.41, 5.74) is 4.00. The molecule has 0 aliphatic carbocycles. The van der Waals surface area contributed by atoms with Crippen LogP contribution in [-0.2, 0) is 4.79 Å². The fourth-order valence-electron chi connectivity index (χ4n) is 2.88. The molecular weight excluding hydrogens is 452 g/mol. The normalized spacial score (nSPS) is 18.3. The predicted molar refractivity (Wildman–Crippen MR) is 106 cm³/mol. The summed E-state index contributed by atoms with van der Waals surface area (Å²) in [5.74, 6) is -0.687. The molecule has 0 unspecified atom stereocenters. The van der Waals surface area contributed by atoms with Gasteiger partial charge in [-0.05, 0) is 42.8 Å². The minimum Gasteiger partial charge on any atom is -0.323 e. The third kappa shape index (κ3) is 3.61. The number of nitrogens with zero attached hydrogens (tertiary/aromatic N) is 3. The average Bonchev–Trinajstić information content (AvgIpc) is 3.04. The van der Waals surface area contributed by atoms with Crippen LogP contribution in [0.15, 0.2) is 52.1 Å². The Labute approximate surface area is 171 Å². The van der Waals surface area contributed by atoms with Gasteiger partial charge in [0.15, 0.2) is 0 Å². The number of benzene rings is 2. The van der Waals surface area contributed by atoms with Gasteiger partial charge in [0.2, 0.25) is 11.1 Å². The fourth-order valence-corrected chi connectivity index (χ4v) is 4.33. The van der Waals surface area contributed by atoms with Gasteiger partial charge in [-0.15, -0.1) is 10.2 Å². The van der Waals surface area contributed by atoms with Gasteiger partial charge in [-0.25, -0.2) is 13.5 Å². The van der Waals surface area contributed by atoms with Gasteiger partial charge < -0.3 is 10.7 Å². The van der Waals surface area contributed by atoms with Crippen molar-refractivity contribution in [2.45, 2.75) is 23.4 Å². The first-order chi connectivity index (χ1) is 13.4. The molecule has 10 heteroatoms. The number of amides is 1. The lowest BCUT2D eigenvalue weighted by Crippen LogP contribution is -2.41. The van der Waals surface area contributed by atoms with Crippen LogP contribution in [0.1, 0.15) is 17.4 Å². The van der Waals surface area contributed by atoms with Crippen LogP contribution in [0.4, 0.5) is 14.5 Å². The first kappa shape index (κ1) is 18.9. The maximum atomic E-state index is 14.1. The van der Waals surface area contributed by atoms with Crippen LogP contribution in [0, 0.1) is 18.6 Å². The molecule has 1 amide bonds. The predicted octanol–water partition coefficient (Wildman–Crippen LogP) is 4.03. The molecular formula is C18H14BrF2N5OS. The number of aromatic nitrogens is 3. The van der Waals surface area contributed by atoms with E-state index in [9.17, 15) is 13.6 Å². The third-order valence-corrected chi connectivity index (χ3v) is 5.98. The topological polar surface area (TPSA) is 71.8 Å². The number of rotatable bonds is 3. The largest absolute Gasteiger partial charge is 0.323 e. The molecule has 4 rings (SSSR count). The first-order valence-corrected chi connectivity index (χ1v) is 9.96. The van der Waals surface area contributed by atoms with Crippen LogP contribution >= 0.6 is 27.7 Å². The Morgan fingerprint density at radius 3 is 2.68 bits per heavy atom. The van der Waals surface area contributed by atoms with Gasteiger partial charge in [0, 0.05) is 4.47 Å². The van der Waals surface area contributed by atoms with Gasteiger partial charge >= 0.3 is 0 Å². The molecule has 28 heavy (non-hydrogen) atoms. The summed E-state index contributed by atoms with van der Waals surface area (Å²) in [5, 5.41) is 10.5. The Morgan fingerprint density at radius 2 is 1.96 bits per heavy atom. The summed E-state index contributed by atoms with van der Waals surface area (Å²) in [7, 11) is 0. The van der Waals surface area contributed by atoms with E-state index in [1.807, 2.05) is 0 Å². The van der Waals surface area contributed by atoms with E-state index in [2.05, 4.69) is 36.9 Å². The number of aryl methyl sites for hydroxylation is 1. The van der Waals surface area contributed by atoms with E-state index in [4.69, 9.17) is 0 Å². The molecule has 1 aromatic heterocycles. The second-order valence-corrected chi connectivity index (χ2v) is 8.20. The Balaban J connectivity index is 1.67. The molecule has 6 nitrogen and oxygen atoms in total. The van der Waals surface area contributed by atoms with Gasteiger partial charge in [-0.2, -0.15) is 0 Å². The lowest BCUT2D eigenvalue weighted by molar-refractivity contribution is -0.116. The third-order valence-electron chi connectivity index (χ3n) is 4.28. The van der Waals surface area contributed by atoms with Crippen molar-refractivity contribution in [1.29, 1.82) is 0 Å². The Kier molecular flexibility index (Phi) is 5.07. The van der Waals surface area contributed by atoms with Crippen molar-refractivity contribution in [2.75, 3.05) is 10.7 Å². The summed E-state index contributed by atoms with van der Waals surface area (Å²) in [6, 6.07) is 9.79. The molecule has 0 saturated carbocycles. The maximum absolute atomic E-state index is 14.1. The molecule has 2 aromatic carbocycles. The van der Waals surface area contributed by atoms with Crippen molar-refractivity contribution in [2.24, 2.45) is 0 Å². The van der Waals surface area contributed by atoms with Crippen LogP contribution in [-0.4, -0.2) is 26.0 Å². The van der Waals surface area contributed by atoms with Crippen molar-refractivity contribution < 1.29 is 13.6 Å². The van der Waals surface area contributed by atoms with E-state index in [1.54, 1.807) is 29.8 Å². The summed E-state index contributed by atoms with van der Waals surface area (Å²) in [4.78, 5) is 13.0. The zero-order chi connectivity index (χ0) is 19.8. The zero-order valence-corrected chi connectivity index (χ0v) is 16.9. The zero-order valence-electron chi connectivity index (χ0n) is 14.5. The molecule has 0 spiro atoms. The number of hydrogen-bond acceptors (Lipinski definition) is 5. The summed E-state index contributed by atoms with van der Waals surface area (Å²) in [6.45, 7) is 1.78. The lowest BCUT2D eigenvalue weighted by Gasteiger charge is -2.32. The monoisotopic (exact) mass is 465 g/mol. The van der Waals surface area contributed by atoms with Crippen molar-refractivity contribution >= 4 is 39.3 Å². The highest BCUT2D eigenvalue weighted by Crippen LogP contribution is 2.37. The Hall–Kier alpha value is -2.46. The SMILES string of the molecule is Cc1nnc2n1N[C@H](c1ccc(F)cc1)[C@@H](C(=O)Nc1ccc(Br)cc1F)S2. The van der Waals surface area contributed by atoms with E-state index in [0.29, 0.717) is 21.0 Å². The van der Waals surface area contributed by atoms with Crippen LogP contribution in [0.25, 0.3) is 0 Å². The second kappa shape index (κ2) is 7.51. The highest BCUT2D eigenvalue weighted by Gasteiger charge is 2.37. The van der Waals surface area contributed by atoms with Gasteiger partial charge in [-0.3, -0.25) is 4.79 Å². The summed E-state index contributed by atoms with van der Waals surface area (Å²) in [6.07, 6.45) is 0. The minimum atomic E-state index is -0.676. The Morgan fingerprint density at radius 1 is 1.21 bits per heavy atom. The van der Waals surface area contributed by atoms with Crippen LogP contribution in [0.5, 0.6) is 0 Å². The van der Waals surface area contributed by atoms with E-state index < -0.39 is 23.0 Å². The number of nitrogens with one attached hydrogen (secondary N) is 2. The number of fused-ring (bicyclic) bond motifs is 1. The number of carbonyl (C=O) groups is 1. The van der Waals surface area contributed by atoms with Crippen molar-refractivity contribution in [3.63, 3.8) is 0 Å². The maximum Gasteiger partial charge on any atom is 0.240 e. The van der Waals surface area contributed by atoms with Gasteiger partial charge in [0.05, 0.1) is 11.7 Å². The molecule has 0 radical (unpaired) electrons. The average molecular weight is 466 g/mol. The minimum absolute atomic E-state index is 0.0786. The smallest absolute Gasteiger partial charge is 0.240 e. The highest BCUT2D eigenvalue weighted by atomic mass is 79.9. The molecule has 0 fully saturated rings. The summed E-state index contributed by atoms with van der Waals surface area (Å²) < 4.78 is 29.8. The fraction of sp³-hybridized carbons (Fsp3) is 0.167. The highest BCUT2D eigenvalue weighted by molar-refractivity contribution is 9.10. The summed E-state index contributed by atoms with van der Waals surface area (Å²) >= 11 is 4.40. The number of hydrogen-bond donors (Lipinski definition) is 2. The molecule has 2 N–H and O–H groups in total. The molecule has 2 heterocycles. The van der Waals surface area contributed by atoms with E-state index in [-0.39, 0.29) is 11.5 Å². The number of halogens is 3. The molecule has 1 aliphatic rings. The van der Waals surface area contributed by atoms with Gasteiger partial charge in [0.1, 0.15) is 22.7 Å². The standard InChI is InChI=1S/C18H14BrF2N5OS/c1-9-23-24-18-26(9)25-15(10-2-5-12(20)6-3-10)16(28-18)17(27)22-14-7-4-11(19)8-13(14)21/h2-8,15-16,25H,1H3,(H,22,27)/t15-,16+/m1/s1. The van der Waals surface area contributed by atoms with E-state index >= 15 is 0 Å². The lowest BCUT2D eigenvalue weighted by atomic mass is 10.0. The van der Waals surface area contributed by atoms with Crippen LogP contribution in [0.2, 0.25) is 0 Å². The second-order valence-electron chi connectivity index (χ2n) is 6.18. The van der Waals surface area contributed by atoms with E-state index in [0.717, 1.165) is 0 Å². The van der Waals surface area contributed by atoms with E-state index in [1.165, 1.54) is 36.0 Å². The van der Waals surface area contributed by atoms with Crippen molar-refractivity contribution in [3.8, 4) is 0 Å². The molecule has 0 bridgehead atoms. The van der Waals surface area contributed by atoms with Crippen molar-refractivity contribution in [1.82, 2.24) is 14.9 Å². The first-order valence-electron chi connectivity index (χ1n) is 8.29. The molecule has 1 aliphatic heterocycles. The molecule has 3 aromatic rings. The number of thioether (sulfide) groups is 1. The van der Waals surface area contributed by atoms with Crippen LogP contribution < -0.4 is 10.7 Å². The Bertz CT molecular complexity index is 1040. The quantitative estimate of drug-likeness (QED) is 0.610. The molecule has 144 valence electrons. The molecule has 0 saturated heterocycles. The number of carbonyl (C=O) groups excluding carboxylic acids is 1.